The van der Waals surface area contributed by atoms with E-state index in [2.05, 4.69) is 0 Å². The SMILES string of the molecule is COC(=O)[C@@H]1CC[C@H](OC)N1C(=O)OC(C)(C)C. The van der Waals surface area contributed by atoms with Crippen molar-refractivity contribution in [3.63, 3.8) is 0 Å². The van der Waals surface area contributed by atoms with Crippen molar-refractivity contribution in [3.8, 4) is 0 Å². The van der Waals surface area contributed by atoms with Gasteiger partial charge in [-0.05, 0) is 33.6 Å². The summed E-state index contributed by atoms with van der Waals surface area (Å²) in [4.78, 5) is 25.0. The van der Waals surface area contributed by atoms with E-state index in [1.807, 2.05) is 0 Å². The van der Waals surface area contributed by atoms with E-state index >= 15 is 0 Å². The van der Waals surface area contributed by atoms with Gasteiger partial charge in [-0.3, -0.25) is 4.90 Å². The number of ether oxygens (including phenoxy) is 3. The van der Waals surface area contributed by atoms with Crippen molar-refractivity contribution in [2.24, 2.45) is 0 Å². The van der Waals surface area contributed by atoms with Crippen LogP contribution < -0.4 is 0 Å². The lowest BCUT2D eigenvalue weighted by Gasteiger charge is -2.30. The highest BCUT2D eigenvalue weighted by atomic mass is 16.6. The first-order valence-corrected chi connectivity index (χ1v) is 5.92. The van der Waals surface area contributed by atoms with Gasteiger partial charge in [0.05, 0.1) is 7.11 Å². The number of rotatable bonds is 2. The standard InChI is InChI=1S/C12H21NO5/c1-12(2,3)18-11(15)13-8(10(14)17-5)6-7-9(13)16-4/h8-9H,6-7H2,1-5H3/t8-,9-/m0/s1. The first-order valence-electron chi connectivity index (χ1n) is 5.92. The monoisotopic (exact) mass is 259 g/mol. The Morgan fingerprint density at radius 2 is 1.78 bits per heavy atom. The third kappa shape index (κ3) is 3.35. The smallest absolute Gasteiger partial charge is 0.413 e. The van der Waals surface area contributed by atoms with Crippen LogP contribution in [0.5, 0.6) is 0 Å². The number of hydrogen-bond donors (Lipinski definition) is 0. The van der Waals surface area contributed by atoms with Gasteiger partial charge in [-0.2, -0.15) is 0 Å². The van der Waals surface area contributed by atoms with Gasteiger partial charge in [-0.15, -0.1) is 0 Å². The number of methoxy groups -OCH3 is 2. The summed E-state index contributed by atoms with van der Waals surface area (Å²) < 4.78 is 15.2. The Kier molecular flexibility index (Phi) is 4.56. The number of carbonyl (C=O) groups excluding carboxylic acids is 2. The highest BCUT2D eigenvalue weighted by Crippen LogP contribution is 2.27. The highest BCUT2D eigenvalue weighted by molar-refractivity contribution is 5.82. The Morgan fingerprint density at radius 3 is 2.22 bits per heavy atom. The lowest BCUT2D eigenvalue weighted by Crippen LogP contribution is -2.48. The zero-order valence-electron chi connectivity index (χ0n) is 11.6. The Hall–Kier alpha value is -1.30. The van der Waals surface area contributed by atoms with Gasteiger partial charge in [-0.1, -0.05) is 0 Å². The number of hydrogen-bond acceptors (Lipinski definition) is 5. The Labute approximate surface area is 107 Å². The fourth-order valence-corrected chi connectivity index (χ4v) is 1.94. The van der Waals surface area contributed by atoms with Crippen LogP contribution >= 0.6 is 0 Å². The van der Waals surface area contributed by atoms with Gasteiger partial charge in [0.2, 0.25) is 0 Å². The lowest BCUT2D eigenvalue weighted by molar-refractivity contribution is -0.148. The molecule has 6 nitrogen and oxygen atoms in total. The number of amides is 1. The zero-order chi connectivity index (χ0) is 13.9. The molecule has 0 unspecified atom stereocenters. The summed E-state index contributed by atoms with van der Waals surface area (Å²) in [6.07, 6.45) is 0.117. The molecule has 104 valence electrons. The quantitative estimate of drug-likeness (QED) is 0.704. The van der Waals surface area contributed by atoms with E-state index in [9.17, 15) is 9.59 Å². The summed E-state index contributed by atoms with van der Waals surface area (Å²) >= 11 is 0. The molecule has 6 heteroatoms. The molecule has 0 aliphatic carbocycles. The van der Waals surface area contributed by atoms with Crippen molar-refractivity contribution in [1.29, 1.82) is 0 Å². The molecule has 1 aliphatic heterocycles. The maximum atomic E-state index is 12.1. The minimum absolute atomic E-state index is 0.441. The number of likely N-dealkylation sites (tertiary alicyclic amines) is 1. The average Bonchev–Trinajstić information content (AvgIpc) is 2.69. The van der Waals surface area contributed by atoms with Gasteiger partial charge in [0, 0.05) is 7.11 Å². The van der Waals surface area contributed by atoms with Crippen LogP contribution in [0, 0.1) is 0 Å². The summed E-state index contributed by atoms with van der Waals surface area (Å²) in [5.74, 6) is -0.444. The molecular weight excluding hydrogens is 238 g/mol. The van der Waals surface area contributed by atoms with Gasteiger partial charge < -0.3 is 14.2 Å². The normalized spacial score (nSPS) is 23.9. The highest BCUT2D eigenvalue weighted by Gasteiger charge is 2.43. The molecule has 1 rings (SSSR count). The zero-order valence-corrected chi connectivity index (χ0v) is 11.6. The molecule has 0 spiro atoms. The number of nitrogens with zero attached hydrogens (tertiary/aromatic N) is 1. The van der Waals surface area contributed by atoms with Crippen LogP contribution in [0.15, 0.2) is 0 Å². The minimum Gasteiger partial charge on any atom is -0.467 e. The van der Waals surface area contributed by atoms with E-state index < -0.39 is 29.9 Å². The number of carbonyl (C=O) groups is 2. The molecule has 1 heterocycles. The Balaban J connectivity index is 2.84. The molecular formula is C12H21NO5. The second-order valence-corrected chi connectivity index (χ2v) is 5.19. The largest absolute Gasteiger partial charge is 0.467 e. The first-order chi connectivity index (χ1) is 8.30. The maximum absolute atomic E-state index is 12.1. The van der Waals surface area contributed by atoms with E-state index in [1.54, 1.807) is 20.8 Å². The molecule has 0 aromatic rings. The summed E-state index contributed by atoms with van der Waals surface area (Å²) in [7, 11) is 2.80. The second-order valence-electron chi connectivity index (χ2n) is 5.19. The van der Waals surface area contributed by atoms with Crippen molar-refractivity contribution in [2.45, 2.75) is 51.5 Å². The van der Waals surface area contributed by atoms with Gasteiger partial charge in [-0.25, -0.2) is 9.59 Å². The van der Waals surface area contributed by atoms with Gasteiger partial charge in [0.1, 0.15) is 17.9 Å². The van der Waals surface area contributed by atoms with Crippen LogP contribution in [0.1, 0.15) is 33.6 Å². The molecule has 1 fully saturated rings. The Bertz CT molecular complexity index is 323. The summed E-state index contributed by atoms with van der Waals surface area (Å²) in [6, 6.07) is -0.630. The van der Waals surface area contributed by atoms with Crippen LogP contribution in [0.3, 0.4) is 0 Å². The summed E-state index contributed by atoms with van der Waals surface area (Å²) in [6.45, 7) is 5.32. The maximum Gasteiger partial charge on any atom is 0.413 e. The predicted molar refractivity (Wildman–Crippen MR) is 63.9 cm³/mol. The van der Waals surface area contributed by atoms with Crippen LogP contribution in [-0.2, 0) is 19.0 Å². The van der Waals surface area contributed by atoms with Crippen LogP contribution in [0.25, 0.3) is 0 Å². The molecule has 0 N–H and O–H groups in total. The molecule has 1 aliphatic rings. The fourth-order valence-electron chi connectivity index (χ4n) is 1.94. The molecule has 1 saturated heterocycles. The summed E-state index contributed by atoms with van der Waals surface area (Å²) in [5.41, 5.74) is -0.612. The van der Waals surface area contributed by atoms with Gasteiger partial charge in [0.25, 0.3) is 0 Å². The van der Waals surface area contributed by atoms with E-state index in [0.717, 1.165) is 0 Å². The molecule has 0 radical (unpaired) electrons. The van der Waals surface area contributed by atoms with Crippen molar-refractivity contribution in [3.05, 3.63) is 0 Å². The second kappa shape index (κ2) is 5.56. The van der Waals surface area contributed by atoms with E-state index in [-0.39, 0.29) is 0 Å². The van der Waals surface area contributed by atoms with Crippen LogP contribution in [0.4, 0.5) is 4.79 Å². The molecule has 18 heavy (non-hydrogen) atoms. The Morgan fingerprint density at radius 1 is 1.17 bits per heavy atom. The number of esters is 1. The minimum atomic E-state index is -0.630. The molecule has 2 atom stereocenters. The lowest BCUT2D eigenvalue weighted by atomic mass is 10.2. The molecule has 0 aromatic carbocycles. The topological polar surface area (TPSA) is 65.1 Å². The van der Waals surface area contributed by atoms with E-state index in [4.69, 9.17) is 14.2 Å². The van der Waals surface area contributed by atoms with Crippen LogP contribution in [0.2, 0.25) is 0 Å². The average molecular weight is 259 g/mol. The molecule has 0 saturated carbocycles. The fraction of sp³-hybridized carbons (Fsp3) is 0.833. The van der Waals surface area contributed by atoms with Crippen molar-refractivity contribution in [2.75, 3.05) is 14.2 Å². The van der Waals surface area contributed by atoms with Crippen molar-refractivity contribution < 1.29 is 23.8 Å². The first kappa shape index (κ1) is 14.8. The van der Waals surface area contributed by atoms with Crippen molar-refractivity contribution in [1.82, 2.24) is 4.90 Å². The van der Waals surface area contributed by atoms with Crippen molar-refractivity contribution >= 4 is 12.1 Å². The molecule has 0 bridgehead atoms. The predicted octanol–water partition coefficient (Wildman–Crippen LogP) is 1.53. The third-order valence-electron chi connectivity index (χ3n) is 2.68. The van der Waals surface area contributed by atoms with Gasteiger partial charge in [0.15, 0.2) is 0 Å². The summed E-state index contributed by atoms with van der Waals surface area (Å²) in [5, 5.41) is 0. The van der Waals surface area contributed by atoms with E-state index in [0.29, 0.717) is 12.8 Å². The third-order valence-corrected chi connectivity index (χ3v) is 2.68. The molecule has 0 aromatic heterocycles. The van der Waals surface area contributed by atoms with Gasteiger partial charge >= 0.3 is 12.1 Å². The van der Waals surface area contributed by atoms with Crippen LogP contribution in [-0.4, -0.2) is 49.1 Å². The molecule has 1 amide bonds. The van der Waals surface area contributed by atoms with E-state index in [1.165, 1.54) is 19.1 Å².